The molecule has 1 aliphatic carbocycles. The van der Waals surface area contributed by atoms with Crippen molar-refractivity contribution in [3.05, 3.63) is 22.4 Å². The summed E-state index contributed by atoms with van der Waals surface area (Å²) in [7, 11) is 0. The maximum atomic E-state index is 13.5. The molecular weight excluding hydrogens is 295 g/mol. The molecule has 1 aromatic rings. The van der Waals surface area contributed by atoms with E-state index in [9.17, 15) is 4.39 Å². The van der Waals surface area contributed by atoms with E-state index in [4.69, 9.17) is 5.73 Å². The largest absolute Gasteiger partial charge is 0.397 e. The summed E-state index contributed by atoms with van der Waals surface area (Å²) in [6.45, 7) is 3.18. The number of nitrogen functional groups attached to an aromatic ring is 1. The lowest BCUT2D eigenvalue weighted by atomic mass is 9.80. The topological polar surface area (TPSA) is 38.0 Å². The number of halogens is 2. The maximum Gasteiger partial charge on any atom is 0.139 e. The second-order valence-electron chi connectivity index (χ2n) is 5.26. The van der Waals surface area contributed by atoms with E-state index < -0.39 is 0 Å². The monoisotopic (exact) mass is 314 g/mol. The summed E-state index contributed by atoms with van der Waals surface area (Å²) in [4.78, 5) is 0. The van der Waals surface area contributed by atoms with Crippen molar-refractivity contribution in [2.45, 2.75) is 32.6 Å². The number of benzene rings is 1. The number of rotatable bonds is 3. The number of nitrogens with one attached hydrogen (secondary N) is 1. The molecule has 18 heavy (non-hydrogen) atoms. The lowest BCUT2D eigenvalue weighted by molar-refractivity contribution is 0.268. The molecule has 0 amide bonds. The Hall–Kier alpha value is -0.770. The molecule has 0 bridgehead atoms. The van der Waals surface area contributed by atoms with Gasteiger partial charge < -0.3 is 11.1 Å². The molecule has 1 aliphatic rings. The minimum Gasteiger partial charge on any atom is -0.397 e. The highest BCUT2D eigenvalue weighted by atomic mass is 79.9. The van der Waals surface area contributed by atoms with Crippen molar-refractivity contribution in [2.75, 3.05) is 17.6 Å². The predicted octanol–water partition coefficient (Wildman–Crippen LogP) is 4.41. The van der Waals surface area contributed by atoms with Crippen LogP contribution in [0, 0.1) is 17.7 Å². The highest BCUT2D eigenvalue weighted by Gasteiger charge is 2.21. The van der Waals surface area contributed by atoms with Gasteiger partial charge in [-0.3, -0.25) is 0 Å². The van der Waals surface area contributed by atoms with Gasteiger partial charge >= 0.3 is 0 Å². The number of nitrogens with two attached hydrogens (primary N) is 1. The van der Waals surface area contributed by atoms with Crippen LogP contribution in [0.3, 0.4) is 0 Å². The average molecular weight is 315 g/mol. The van der Waals surface area contributed by atoms with Gasteiger partial charge in [0.1, 0.15) is 5.82 Å². The Balaban J connectivity index is 1.99. The third-order valence-electron chi connectivity index (χ3n) is 3.94. The summed E-state index contributed by atoms with van der Waals surface area (Å²) in [6, 6.07) is 3.08. The summed E-state index contributed by atoms with van der Waals surface area (Å²) in [6.07, 6.45) is 5.21. The van der Waals surface area contributed by atoms with E-state index in [1.807, 2.05) is 0 Å². The summed E-state index contributed by atoms with van der Waals surface area (Å²) >= 11 is 3.13. The molecule has 3 N–H and O–H groups in total. The van der Waals surface area contributed by atoms with Crippen LogP contribution in [-0.4, -0.2) is 6.54 Å². The third-order valence-corrected chi connectivity index (χ3v) is 4.54. The zero-order valence-corrected chi connectivity index (χ0v) is 12.3. The molecule has 0 aliphatic heterocycles. The predicted molar refractivity (Wildman–Crippen MR) is 78.1 cm³/mol. The molecule has 1 aromatic carbocycles. The fraction of sp³-hybridized carbons (Fsp3) is 0.571. The molecular formula is C14H20BrFN2. The molecule has 0 saturated heterocycles. The molecule has 2 rings (SSSR count). The van der Waals surface area contributed by atoms with E-state index in [1.165, 1.54) is 31.7 Å². The fourth-order valence-corrected chi connectivity index (χ4v) is 3.01. The molecule has 2 unspecified atom stereocenters. The lowest BCUT2D eigenvalue weighted by Crippen LogP contribution is -2.24. The zero-order chi connectivity index (χ0) is 13.1. The van der Waals surface area contributed by atoms with E-state index in [2.05, 4.69) is 28.2 Å². The highest BCUT2D eigenvalue weighted by Crippen LogP contribution is 2.31. The average Bonchev–Trinajstić information content (AvgIpc) is 2.34. The smallest absolute Gasteiger partial charge is 0.139 e. The minimum atomic E-state index is -0.275. The molecule has 2 atom stereocenters. The first kappa shape index (κ1) is 13.7. The van der Waals surface area contributed by atoms with Crippen LogP contribution in [0.15, 0.2) is 16.6 Å². The van der Waals surface area contributed by atoms with Crippen molar-refractivity contribution in [2.24, 2.45) is 11.8 Å². The second kappa shape index (κ2) is 5.91. The van der Waals surface area contributed by atoms with E-state index in [0.29, 0.717) is 21.8 Å². The SMILES string of the molecule is CC1CCCCC1CNc1cc(F)c(Br)cc1N. The Kier molecular flexibility index (Phi) is 4.49. The minimum absolute atomic E-state index is 0.275. The molecule has 2 nitrogen and oxygen atoms in total. The second-order valence-corrected chi connectivity index (χ2v) is 6.11. The van der Waals surface area contributed by atoms with Crippen LogP contribution in [0.2, 0.25) is 0 Å². The van der Waals surface area contributed by atoms with Crippen LogP contribution < -0.4 is 11.1 Å². The highest BCUT2D eigenvalue weighted by molar-refractivity contribution is 9.10. The quantitative estimate of drug-likeness (QED) is 0.811. The summed E-state index contributed by atoms with van der Waals surface area (Å²) in [5.41, 5.74) is 7.17. The number of anilines is 2. The van der Waals surface area contributed by atoms with Crippen molar-refractivity contribution in [3.8, 4) is 0 Å². The van der Waals surface area contributed by atoms with E-state index >= 15 is 0 Å². The molecule has 0 spiro atoms. The van der Waals surface area contributed by atoms with Crippen LogP contribution in [0.4, 0.5) is 15.8 Å². The molecule has 100 valence electrons. The molecule has 1 fully saturated rings. The first-order valence-corrected chi connectivity index (χ1v) is 7.35. The number of hydrogen-bond donors (Lipinski definition) is 2. The zero-order valence-electron chi connectivity index (χ0n) is 10.7. The fourth-order valence-electron chi connectivity index (χ4n) is 2.65. The van der Waals surface area contributed by atoms with E-state index in [1.54, 1.807) is 6.07 Å². The Bertz CT molecular complexity index is 423. The van der Waals surface area contributed by atoms with Crippen molar-refractivity contribution in [1.29, 1.82) is 0 Å². The standard InChI is InChI=1S/C14H20BrFN2/c1-9-4-2-3-5-10(9)8-18-14-7-12(16)11(15)6-13(14)17/h6-7,9-10,18H,2-5,8,17H2,1H3. The summed E-state index contributed by atoms with van der Waals surface area (Å²) < 4.78 is 13.9. The lowest BCUT2D eigenvalue weighted by Gasteiger charge is -2.29. The molecule has 4 heteroatoms. The van der Waals surface area contributed by atoms with Gasteiger partial charge in [0, 0.05) is 12.6 Å². The molecule has 0 aromatic heterocycles. The Morgan fingerprint density at radius 2 is 2.11 bits per heavy atom. The maximum absolute atomic E-state index is 13.5. The van der Waals surface area contributed by atoms with Crippen LogP contribution >= 0.6 is 15.9 Å². The van der Waals surface area contributed by atoms with Gasteiger partial charge in [0.05, 0.1) is 15.8 Å². The van der Waals surface area contributed by atoms with Gasteiger partial charge in [-0.15, -0.1) is 0 Å². The van der Waals surface area contributed by atoms with Crippen LogP contribution in [0.1, 0.15) is 32.6 Å². The first-order chi connectivity index (χ1) is 8.58. The van der Waals surface area contributed by atoms with Gasteiger partial charge in [-0.05, 0) is 40.3 Å². The van der Waals surface area contributed by atoms with Gasteiger partial charge in [-0.2, -0.15) is 0 Å². The Morgan fingerprint density at radius 1 is 1.39 bits per heavy atom. The van der Waals surface area contributed by atoms with Crippen LogP contribution in [0.5, 0.6) is 0 Å². The van der Waals surface area contributed by atoms with Crippen LogP contribution in [0.25, 0.3) is 0 Å². The summed E-state index contributed by atoms with van der Waals surface area (Å²) in [5.74, 6) is 1.14. The third kappa shape index (κ3) is 3.16. The van der Waals surface area contributed by atoms with Crippen molar-refractivity contribution < 1.29 is 4.39 Å². The summed E-state index contributed by atoms with van der Waals surface area (Å²) in [5, 5.41) is 3.30. The normalized spacial score (nSPS) is 23.9. The van der Waals surface area contributed by atoms with Gasteiger partial charge in [0.2, 0.25) is 0 Å². The van der Waals surface area contributed by atoms with Gasteiger partial charge in [0.15, 0.2) is 0 Å². The Labute approximate surface area is 116 Å². The van der Waals surface area contributed by atoms with Crippen molar-refractivity contribution in [3.63, 3.8) is 0 Å². The Morgan fingerprint density at radius 3 is 2.83 bits per heavy atom. The number of hydrogen-bond acceptors (Lipinski definition) is 2. The molecule has 0 radical (unpaired) electrons. The van der Waals surface area contributed by atoms with E-state index in [-0.39, 0.29) is 5.82 Å². The van der Waals surface area contributed by atoms with Gasteiger partial charge in [-0.1, -0.05) is 26.2 Å². The van der Waals surface area contributed by atoms with Gasteiger partial charge in [0.25, 0.3) is 0 Å². The van der Waals surface area contributed by atoms with Crippen molar-refractivity contribution >= 4 is 27.3 Å². The molecule has 0 heterocycles. The van der Waals surface area contributed by atoms with Gasteiger partial charge in [-0.25, -0.2) is 4.39 Å². The first-order valence-electron chi connectivity index (χ1n) is 6.56. The van der Waals surface area contributed by atoms with Crippen LogP contribution in [-0.2, 0) is 0 Å². The van der Waals surface area contributed by atoms with E-state index in [0.717, 1.165) is 12.5 Å². The molecule has 1 saturated carbocycles. The van der Waals surface area contributed by atoms with Crippen molar-refractivity contribution in [1.82, 2.24) is 0 Å².